The van der Waals surface area contributed by atoms with Crippen molar-refractivity contribution >= 4 is 15.7 Å². The highest BCUT2D eigenvalue weighted by Gasteiger charge is 2.28. The van der Waals surface area contributed by atoms with E-state index in [4.69, 9.17) is 4.42 Å². The summed E-state index contributed by atoms with van der Waals surface area (Å²) in [6.45, 7) is 0. The molecule has 134 valence electrons. The highest BCUT2D eigenvalue weighted by atomic mass is 32.2. The number of carbonyl (C=O) groups excluding carboxylic acids is 1. The van der Waals surface area contributed by atoms with Crippen LogP contribution in [-0.4, -0.2) is 32.3 Å². The SMILES string of the molecule is CN(C(=O)c1occc1CS(=O)(=O)c1ccccc1)C1CCCCC1. The van der Waals surface area contributed by atoms with E-state index in [2.05, 4.69) is 0 Å². The summed E-state index contributed by atoms with van der Waals surface area (Å²) in [5.74, 6) is -0.352. The zero-order chi connectivity index (χ0) is 17.9. The van der Waals surface area contributed by atoms with Crippen LogP contribution in [0.3, 0.4) is 0 Å². The van der Waals surface area contributed by atoms with Gasteiger partial charge in [0.05, 0.1) is 16.9 Å². The Morgan fingerprint density at radius 2 is 1.80 bits per heavy atom. The molecule has 1 aromatic heterocycles. The van der Waals surface area contributed by atoms with Crippen molar-refractivity contribution in [3.8, 4) is 0 Å². The molecule has 0 spiro atoms. The summed E-state index contributed by atoms with van der Waals surface area (Å²) in [5, 5.41) is 0. The summed E-state index contributed by atoms with van der Waals surface area (Å²) in [4.78, 5) is 14.7. The predicted octanol–water partition coefficient (Wildman–Crippen LogP) is 3.66. The van der Waals surface area contributed by atoms with Gasteiger partial charge in [-0.05, 0) is 31.0 Å². The Morgan fingerprint density at radius 3 is 2.48 bits per heavy atom. The molecule has 1 aliphatic rings. The van der Waals surface area contributed by atoms with Crippen molar-refractivity contribution in [1.29, 1.82) is 0 Å². The number of nitrogens with zero attached hydrogens (tertiary/aromatic N) is 1. The summed E-state index contributed by atoms with van der Waals surface area (Å²) in [6, 6.07) is 10.0. The van der Waals surface area contributed by atoms with Gasteiger partial charge in [0.2, 0.25) is 0 Å². The first-order valence-corrected chi connectivity index (χ1v) is 10.3. The molecule has 1 heterocycles. The first kappa shape index (κ1) is 17.7. The first-order chi connectivity index (χ1) is 12.0. The summed E-state index contributed by atoms with van der Waals surface area (Å²) < 4.78 is 30.5. The van der Waals surface area contributed by atoms with Gasteiger partial charge in [0.1, 0.15) is 0 Å². The van der Waals surface area contributed by atoms with Crippen LogP contribution in [0.4, 0.5) is 0 Å². The molecular weight excluding hydrogens is 338 g/mol. The van der Waals surface area contributed by atoms with Crippen molar-refractivity contribution in [3.63, 3.8) is 0 Å². The van der Waals surface area contributed by atoms with E-state index in [0.29, 0.717) is 5.56 Å². The van der Waals surface area contributed by atoms with E-state index in [-0.39, 0.29) is 28.4 Å². The van der Waals surface area contributed by atoms with Gasteiger partial charge in [0.15, 0.2) is 15.6 Å². The molecule has 2 aromatic rings. The lowest BCUT2D eigenvalue weighted by Gasteiger charge is -2.30. The Labute approximate surface area is 148 Å². The van der Waals surface area contributed by atoms with Gasteiger partial charge >= 0.3 is 0 Å². The van der Waals surface area contributed by atoms with Crippen LogP contribution in [0, 0.1) is 0 Å². The van der Waals surface area contributed by atoms with E-state index >= 15 is 0 Å². The fourth-order valence-electron chi connectivity index (χ4n) is 3.35. The molecule has 1 amide bonds. The third-order valence-electron chi connectivity index (χ3n) is 4.83. The molecule has 0 radical (unpaired) electrons. The minimum atomic E-state index is -3.52. The second kappa shape index (κ2) is 7.44. The van der Waals surface area contributed by atoms with Crippen molar-refractivity contribution < 1.29 is 17.6 Å². The Hall–Kier alpha value is -2.08. The lowest BCUT2D eigenvalue weighted by atomic mass is 9.94. The van der Waals surface area contributed by atoms with Gasteiger partial charge in [-0.3, -0.25) is 4.79 Å². The second-order valence-electron chi connectivity index (χ2n) is 6.55. The predicted molar refractivity (Wildman–Crippen MR) is 95.0 cm³/mol. The van der Waals surface area contributed by atoms with Crippen molar-refractivity contribution in [2.24, 2.45) is 0 Å². The van der Waals surface area contributed by atoms with Gasteiger partial charge in [-0.15, -0.1) is 0 Å². The Balaban J connectivity index is 1.79. The normalized spacial score (nSPS) is 15.9. The van der Waals surface area contributed by atoms with Gasteiger partial charge in [0.25, 0.3) is 5.91 Å². The average molecular weight is 361 g/mol. The van der Waals surface area contributed by atoms with Crippen molar-refractivity contribution in [2.75, 3.05) is 7.05 Å². The Morgan fingerprint density at radius 1 is 1.12 bits per heavy atom. The molecule has 0 unspecified atom stereocenters. The standard InChI is InChI=1S/C19H23NO4S/c1-20(16-8-4-2-5-9-16)19(21)18-15(12-13-24-18)14-25(22,23)17-10-6-3-7-11-17/h3,6-7,10-13,16H,2,4-5,8-9,14H2,1H3. The van der Waals surface area contributed by atoms with Crippen molar-refractivity contribution in [3.05, 3.63) is 54.0 Å². The van der Waals surface area contributed by atoms with Crippen LogP contribution in [-0.2, 0) is 15.6 Å². The van der Waals surface area contributed by atoms with Crippen LogP contribution in [0.15, 0.2) is 52.0 Å². The molecule has 25 heavy (non-hydrogen) atoms. The van der Waals surface area contributed by atoms with Gasteiger partial charge < -0.3 is 9.32 Å². The molecule has 1 aliphatic carbocycles. The molecule has 1 fully saturated rings. The van der Waals surface area contributed by atoms with E-state index in [1.165, 1.54) is 12.7 Å². The lowest BCUT2D eigenvalue weighted by Crippen LogP contribution is -2.38. The fraction of sp³-hybridized carbons (Fsp3) is 0.421. The number of amides is 1. The van der Waals surface area contributed by atoms with Crippen LogP contribution in [0.2, 0.25) is 0 Å². The fourth-order valence-corrected chi connectivity index (χ4v) is 4.72. The molecular formula is C19H23NO4S. The molecule has 1 aromatic carbocycles. The maximum Gasteiger partial charge on any atom is 0.289 e. The molecule has 0 atom stereocenters. The zero-order valence-electron chi connectivity index (χ0n) is 14.3. The van der Waals surface area contributed by atoms with Gasteiger partial charge in [-0.25, -0.2) is 8.42 Å². The lowest BCUT2D eigenvalue weighted by molar-refractivity contribution is 0.0663. The molecule has 3 rings (SSSR count). The highest BCUT2D eigenvalue weighted by Crippen LogP contribution is 2.25. The van der Waals surface area contributed by atoms with Crippen molar-refractivity contribution in [1.82, 2.24) is 4.90 Å². The number of furan rings is 1. The third kappa shape index (κ3) is 3.95. The molecule has 5 nitrogen and oxygen atoms in total. The largest absolute Gasteiger partial charge is 0.459 e. The molecule has 0 bridgehead atoms. The monoisotopic (exact) mass is 361 g/mol. The number of carbonyl (C=O) groups is 1. The Kier molecular flexibility index (Phi) is 5.27. The maximum atomic E-state index is 12.8. The van der Waals surface area contributed by atoms with E-state index < -0.39 is 9.84 Å². The van der Waals surface area contributed by atoms with Crippen LogP contribution in [0.5, 0.6) is 0 Å². The number of benzene rings is 1. The van der Waals surface area contributed by atoms with Crippen LogP contribution in [0.25, 0.3) is 0 Å². The molecule has 0 aliphatic heterocycles. The maximum absolute atomic E-state index is 12.8. The molecule has 6 heteroatoms. The molecule has 0 N–H and O–H groups in total. The summed E-state index contributed by atoms with van der Waals surface area (Å²) >= 11 is 0. The summed E-state index contributed by atoms with van der Waals surface area (Å²) in [6.07, 6.45) is 6.81. The number of sulfone groups is 1. The third-order valence-corrected chi connectivity index (χ3v) is 6.51. The van der Waals surface area contributed by atoms with E-state index in [1.54, 1.807) is 48.3 Å². The quantitative estimate of drug-likeness (QED) is 0.815. The zero-order valence-corrected chi connectivity index (χ0v) is 15.2. The number of hydrogen-bond acceptors (Lipinski definition) is 4. The smallest absolute Gasteiger partial charge is 0.289 e. The second-order valence-corrected chi connectivity index (χ2v) is 8.54. The van der Waals surface area contributed by atoms with E-state index in [1.807, 2.05) is 0 Å². The van der Waals surface area contributed by atoms with Crippen LogP contribution < -0.4 is 0 Å². The van der Waals surface area contributed by atoms with Crippen molar-refractivity contribution in [2.45, 2.75) is 48.8 Å². The van der Waals surface area contributed by atoms with E-state index in [9.17, 15) is 13.2 Å². The average Bonchev–Trinajstić information content (AvgIpc) is 3.09. The van der Waals surface area contributed by atoms with Crippen LogP contribution in [0.1, 0.15) is 48.2 Å². The minimum absolute atomic E-state index is 0.132. The highest BCUT2D eigenvalue weighted by molar-refractivity contribution is 7.90. The Bertz CT molecular complexity index is 820. The topological polar surface area (TPSA) is 67.6 Å². The summed E-state index contributed by atoms with van der Waals surface area (Å²) in [5.41, 5.74) is 0.413. The first-order valence-electron chi connectivity index (χ1n) is 8.60. The van der Waals surface area contributed by atoms with E-state index in [0.717, 1.165) is 25.7 Å². The molecule has 0 saturated heterocycles. The van der Waals surface area contributed by atoms with Gasteiger partial charge in [-0.1, -0.05) is 37.5 Å². The van der Waals surface area contributed by atoms with Gasteiger partial charge in [0, 0.05) is 18.7 Å². The number of rotatable bonds is 5. The van der Waals surface area contributed by atoms with Crippen LogP contribution >= 0.6 is 0 Å². The number of hydrogen-bond donors (Lipinski definition) is 0. The summed E-state index contributed by atoms with van der Waals surface area (Å²) in [7, 11) is -1.75. The molecule has 1 saturated carbocycles. The van der Waals surface area contributed by atoms with Gasteiger partial charge in [-0.2, -0.15) is 0 Å². The minimum Gasteiger partial charge on any atom is -0.459 e.